The number of nitrogens with one attached hydrogen (secondary N) is 1. The summed E-state index contributed by atoms with van der Waals surface area (Å²) in [6.07, 6.45) is 0.0397. The predicted molar refractivity (Wildman–Crippen MR) is 98.4 cm³/mol. The molecule has 3 rings (SSSR count). The first-order valence-corrected chi connectivity index (χ1v) is 8.35. The van der Waals surface area contributed by atoms with Crippen molar-refractivity contribution in [3.8, 4) is 0 Å². The van der Waals surface area contributed by atoms with Gasteiger partial charge >= 0.3 is 0 Å². The molecule has 1 aliphatic heterocycles. The van der Waals surface area contributed by atoms with Crippen LogP contribution in [0.3, 0.4) is 0 Å². The van der Waals surface area contributed by atoms with E-state index in [-0.39, 0.29) is 30.2 Å². The number of halogens is 1. The molecule has 134 valence electrons. The molecule has 2 aromatic carbocycles. The third-order valence-corrected chi connectivity index (χ3v) is 4.46. The second-order valence-corrected chi connectivity index (χ2v) is 6.59. The largest absolute Gasteiger partial charge is 0.320 e. The van der Waals surface area contributed by atoms with Gasteiger partial charge in [0.1, 0.15) is 5.69 Å². The number of carbonyl (C=O) groups is 2. The summed E-state index contributed by atoms with van der Waals surface area (Å²) in [6.45, 7) is 1.93. The zero-order valence-electron chi connectivity index (χ0n) is 13.9. The molecule has 1 saturated heterocycles. The molecular weight excluding hydrogens is 358 g/mol. The van der Waals surface area contributed by atoms with E-state index in [1.54, 1.807) is 37.3 Å². The van der Waals surface area contributed by atoms with Crippen molar-refractivity contribution in [2.45, 2.75) is 13.3 Å². The molecule has 8 heteroatoms. The third kappa shape index (κ3) is 3.67. The number of hydrogen-bond donors (Lipinski definition) is 1. The van der Waals surface area contributed by atoms with E-state index in [4.69, 9.17) is 11.6 Å². The summed E-state index contributed by atoms with van der Waals surface area (Å²) in [5.41, 5.74) is 1.30. The Bertz CT molecular complexity index is 900. The molecule has 1 atom stereocenters. The minimum Gasteiger partial charge on any atom is -0.320 e. The summed E-state index contributed by atoms with van der Waals surface area (Å²) in [5, 5.41) is 14.3. The summed E-state index contributed by atoms with van der Waals surface area (Å²) in [6, 6.07) is 11.4. The first-order valence-electron chi connectivity index (χ1n) is 7.97. The molecule has 0 radical (unpaired) electrons. The molecule has 0 bridgehead atoms. The highest BCUT2D eigenvalue weighted by atomic mass is 35.5. The van der Waals surface area contributed by atoms with Crippen LogP contribution in [-0.4, -0.2) is 23.3 Å². The van der Waals surface area contributed by atoms with Crippen LogP contribution in [-0.2, 0) is 9.59 Å². The lowest BCUT2D eigenvalue weighted by molar-refractivity contribution is -0.384. The van der Waals surface area contributed by atoms with E-state index < -0.39 is 16.7 Å². The van der Waals surface area contributed by atoms with Crippen LogP contribution in [0.2, 0.25) is 5.02 Å². The average molecular weight is 374 g/mol. The van der Waals surface area contributed by atoms with Gasteiger partial charge in [0.15, 0.2) is 0 Å². The number of anilines is 2. The first-order chi connectivity index (χ1) is 12.3. The lowest BCUT2D eigenvalue weighted by Gasteiger charge is -2.17. The van der Waals surface area contributed by atoms with Crippen LogP contribution in [0.15, 0.2) is 42.5 Å². The zero-order chi connectivity index (χ0) is 18.8. The molecule has 1 fully saturated rings. The lowest BCUT2D eigenvalue weighted by atomic mass is 10.1. The predicted octanol–water partition coefficient (Wildman–Crippen LogP) is 3.55. The molecule has 7 nitrogen and oxygen atoms in total. The van der Waals surface area contributed by atoms with E-state index >= 15 is 0 Å². The Kier molecular flexibility index (Phi) is 4.90. The molecule has 0 aliphatic carbocycles. The van der Waals surface area contributed by atoms with Gasteiger partial charge in [0.25, 0.3) is 5.69 Å². The maximum absolute atomic E-state index is 12.5. The lowest BCUT2D eigenvalue weighted by Crippen LogP contribution is -2.28. The first kappa shape index (κ1) is 17.9. The van der Waals surface area contributed by atoms with Crippen molar-refractivity contribution >= 4 is 40.5 Å². The highest BCUT2D eigenvalue weighted by Gasteiger charge is 2.35. The van der Waals surface area contributed by atoms with Crippen molar-refractivity contribution in [1.29, 1.82) is 0 Å². The topological polar surface area (TPSA) is 92.6 Å². The number of nitrogens with zero attached hydrogens (tertiary/aromatic N) is 2. The monoisotopic (exact) mass is 373 g/mol. The Morgan fingerprint density at radius 3 is 2.77 bits per heavy atom. The number of nitro groups is 1. The second-order valence-electron chi connectivity index (χ2n) is 6.15. The van der Waals surface area contributed by atoms with Crippen LogP contribution in [0.5, 0.6) is 0 Å². The molecule has 1 aliphatic rings. The summed E-state index contributed by atoms with van der Waals surface area (Å²) >= 11 is 5.96. The van der Waals surface area contributed by atoms with Crippen LogP contribution in [0.4, 0.5) is 17.1 Å². The van der Waals surface area contributed by atoms with Gasteiger partial charge < -0.3 is 10.2 Å². The van der Waals surface area contributed by atoms with Crippen LogP contribution in [0.1, 0.15) is 12.0 Å². The zero-order valence-corrected chi connectivity index (χ0v) is 14.7. The molecule has 1 unspecified atom stereocenters. The Hall–Kier alpha value is -2.93. The van der Waals surface area contributed by atoms with E-state index in [0.29, 0.717) is 10.7 Å². The van der Waals surface area contributed by atoms with Crippen molar-refractivity contribution in [3.05, 3.63) is 63.2 Å². The summed E-state index contributed by atoms with van der Waals surface area (Å²) in [7, 11) is 0. The standard InChI is InChI=1S/C18H16ClN3O4/c1-11-5-6-15(16(7-11)22(25)26)20-18(24)12-8-17(23)21(10-12)14-4-2-3-13(19)9-14/h2-7,9,12H,8,10H2,1H3,(H,20,24). The number of benzene rings is 2. The van der Waals surface area contributed by atoms with Gasteiger partial charge in [-0.3, -0.25) is 19.7 Å². The number of rotatable bonds is 4. The van der Waals surface area contributed by atoms with Gasteiger partial charge in [0.2, 0.25) is 11.8 Å². The van der Waals surface area contributed by atoms with E-state index in [1.807, 2.05) is 0 Å². The molecule has 2 amide bonds. The Labute approximate surface area is 154 Å². The fourth-order valence-electron chi connectivity index (χ4n) is 2.91. The third-order valence-electron chi connectivity index (χ3n) is 4.22. The van der Waals surface area contributed by atoms with Crippen LogP contribution in [0, 0.1) is 23.0 Å². The smallest absolute Gasteiger partial charge is 0.293 e. The highest BCUT2D eigenvalue weighted by molar-refractivity contribution is 6.31. The van der Waals surface area contributed by atoms with Gasteiger partial charge in [0.05, 0.1) is 10.8 Å². The van der Waals surface area contributed by atoms with Crippen LogP contribution in [0.25, 0.3) is 0 Å². The Morgan fingerprint density at radius 1 is 1.31 bits per heavy atom. The molecule has 0 spiro atoms. The Balaban J connectivity index is 1.76. The fraction of sp³-hybridized carbons (Fsp3) is 0.222. The van der Waals surface area contributed by atoms with Gasteiger partial charge in [0, 0.05) is 29.7 Å². The van der Waals surface area contributed by atoms with E-state index in [1.165, 1.54) is 17.0 Å². The van der Waals surface area contributed by atoms with Gasteiger partial charge in [-0.05, 0) is 36.8 Å². The van der Waals surface area contributed by atoms with Crippen molar-refractivity contribution in [3.63, 3.8) is 0 Å². The summed E-state index contributed by atoms with van der Waals surface area (Å²) < 4.78 is 0. The van der Waals surface area contributed by atoms with Gasteiger partial charge in [-0.25, -0.2) is 0 Å². The second kappa shape index (κ2) is 7.13. The van der Waals surface area contributed by atoms with Gasteiger partial charge in [-0.2, -0.15) is 0 Å². The molecule has 0 saturated carbocycles. The van der Waals surface area contributed by atoms with Crippen LogP contribution >= 0.6 is 11.6 Å². The minimum absolute atomic E-state index is 0.0397. The molecule has 1 heterocycles. The Morgan fingerprint density at radius 2 is 2.08 bits per heavy atom. The summed E-state index contributed by atoms with van der Waals surface area (Å²) in [5.74, 6) is -1.21. The SMILES string of the molecule is Cc1ccc(NC(=O)C2CC(=O)N(c3cccc(Cl)c3)C2)c([N+](=O)[O-])c1. The molecule has 2 aromatic rings. The normalized spacial score (nSPS) is 16.6. The van der Waals surface area contributed by atoms with E-state index in [2.05, 4.69) is 5.32 Å². The molecule has 26 heavy (non-hydrogen) atoms. The number of carbonyl (C=O) groups excluding carboxylic acids is 2. The average Bonchev–Trinajstić information content (AvgIpc) is 2.98. The van der Waals surface area contributed by atoms with Crippen LogP contribution < -0.4 is 10.2 Å². The number of aryl methyl sites for hydroxylation is 1. The van der Waals surface area contributed by atoms with Gasteiger partial charge in [-0.15, -0.1) is 0 Å². The van der Waals surface area contributed by atoms with Gasteiger partial charge in [-0.1, -0.05) is 23.7 Å². The maximum Gasteiger partial charge on any atom is 0.293 e. The number of hydrogen-bond acceptors (Lipinski definition) is 4. The molecule has 1 N–H and O–H groups in total. The van der Waals surface area contributed by atoms with Crippen molar-refractivity contribution < 1.29 is 14.5 Å². The maximum atomic E-state index is 12.5. The van der Waals surface area contributed by atoms with E-state index in [0.717, 1.165) is 5.56 Å². The van der Waals surface area contributed by atoms with E-state index in [9.17, 15) is 19.7 Å². The summed E-state index contributed by atoms with van der Waals surface area (Å²) in [4.78, 5) is 36.9. The van der Waals surface area contributed by atoms with Crippen molar-refractivity contribution in [1.82, 2.24) is 0 Å². The van der Waals surface area contributed by atoms with Crippen molar-refractivity contribution in [2.24, 2.45) is 5.92 Å². The molecule has 0 aromatic heterocycles. The highest BCUT2D eigenvalue weighted by Crippen LogP contribution is 2.30. The number of amides is 2. The number of nitro benzene ring substituents is 1. The minimum atomic E-state index is -0.595. The quantitative estimate of drug-likeness (QED) is 0.655. The molecular formula is C18H16ClN3O4. The fourth-order valence-corrected chi connectivity index (χ4v) is 3.09. The van der Waals surface area contributed by atoms with Crippen molar-refractivity contribution in [2.75, 3.05) is 16.8 Å².